The number of carbonyl (C=O) groups is 2. The first-order valence-electron chi connectivity index (χ1n) is 10.3. The van der Waals surface area contributed by atoms with E-state index >= 15 is 0 Å². The molecule has 2 amide bonds. The van der Waals surface area contributed by atoms with Crippen LogP contribution in [0, 0.1) is 0 Å². The molecule has 0 unspecified atom stereocenters. The van der Waals surface area contributed by atoms with E-state index in [1.54, 1.807) is 69.3 Å². The van der Waals surface area contributed by atoms with E-state index in [4.69, 9.17) is 16.3 Å². The van der Waals surface area contributed by atoms with Gasteiger partial charge in [-0.2, -0.15) is 4.98 Å². The van der Waals surface area contributed by atoms with Crippen LogP contribution in [0.3, 0.4) is 0 Å². The third-order valence-electron chi connectivity index (χ3n) is 4.09. The maximum atomic E-state index is 12.0. The molecule has 0 saturated heterocycles. The average Bonchev–Trinajstić information content (AvgIpc) is 2.75. The molecule has 0 spiro atoms. The Labute approximate surface area is 202 Å². The molecule has 0 radical (unpaired) electrons. The lowest BCUT2D eigenvalue weighted by Crippen LogP contribution is -2.27. The lowest BCUT2D eigenvalue weighted by atomic mass is 10.2. The number of ether oxygens (including phenoxy) is 1. The second-order valence-corrected chi connectivity index (χ2v) is 8.53. The van der Waals surface area contributed by atoms with Gasteiger partial charge in [0.05, 0.1) is 6.20 Å². The highest BCUT2D eigenvalue weighted by Gasteiger charge is 2.16. The predicted octanol–water partition coefficient (Wildman–Crippen LogP) is 6.09. The molecule has 0 aliphatic carbocycles. The first-order valence-corrected chi connectivity index (χ1v) is 10.7. The van der Waals surface area contributed by atoms with Gasteiger partial charge in [-0.25, -0.2) is 9.78 Å². The van der Waals surface area contributed by atoms with Gasteiger partial charge >= 0.3 is 6.09 Å². The van der Waals surface area contributed by atoms with E-state index in [9.17, 15) is 9.59 Å². The van der Waals surface area contributed by atoms with Crippen LogP contribution in [0.4, 0.5) is 39.3 Å². The summed E-state index contributed by atoms with van der Waals surface area (Å²) in [4.78, 5) is 32.2. The average molecular weight is 481 g/mol. The summed E-state index contributed by atoms with van der Waals surface area (Å²) in [6.07, 6.45) is 2.10. The largest absolute Gasteiger partial charge is 0.444 e. The van der Waals surface area contributed by atoms with E-state index in [0.717, 1.165) is 0 Å². The van der Waals surface area contributed by atoms with Gasteiger partial charge in [0.2, 0.25) is 11.9 Å². The summed E-state index contributed by atoms with van der Waals surface area (Å²) >= 11 is 6.27. The highest BCUT2D eigenvalue weighted by atomic mass is 35.5. The first kappa shape index (κ1) is 24.5. The van der Waals surface area contributed by atoms with Gasteiger partial charge in [0.15, 0.2) is 5.82 Å². The van der Waals surface area contributed by atoms with Crippen LogP contribution in [0.5, 0.6) is 0 Å². The summed E-state index contributed by atoms with van der Waals surface area (Å²) in [6, 6.07) is 14.1. The van der Waals surface area contributed by atoms with E-state index in [0.29, 0.717) is 33.6 Å². The molecule has 0 saturated carbocycles. The van der Waals surface area contributed by atoms with Crippen molar-refractivity contribution in [1.82, 2.24) is 9.97 Å². The highest BCUT2D eigenvalue weighted by molar-refractivity contribution is 6.32. The minimum Gasteiger partial charge on any atom is -0.444 e. The number of aromatic nitrogens is 2. The molecule has 1 heterocycles. The molecule has 2 aromatic carbocycles. The number of nitrogens with zero attached hydrogens (tertiary/aromatic N) is 2. The van der Waals surface area contributed by atoms with E-state index in [-0.39, 0.29) is 11.9 Å². The highest BCUT2D eigenvalue weighted by Crippen LogP contribution is 2.27. The molecule has 4 N–H and O–H groups in total. The Hall–Kier alpha value is -4.11. The zero-order valence-corrected chi connectivity index (χ0v) is 19.7. The third kappa shape index (κ3) is 7.49. The minimum absolute atomic E-state index is 0.289. The van der Waals surface area contributed by atoms with Crippen LogP contribution in [-0.2, 0) is 9.53 Å². The number of benzene rings is 2. The van der Waals surface area contributed by atoms with Crippen LogP contribution < -0.4 is 21.3 Å². The summed E-state index contributed by atoms with van der Waals surface area (Å²) in [7, 11) is 0. The maximum Gasteiger partial charge on any atom is 0.412 e. The normalized spacial score (nSPS) is 10.7. The van der Waals surface area contributed by atoms with Gasteiger partial charge in [0.25, 0.3) is 0 Å². The molecule has 3 aromatic rings. The standard InChI is InChI=1S/C24H25ClN6O3/c1-5-20(32)27-15-8-6-9-16(12-15)28-21-19(25)14-26-22(31-21)29-17-10-7-11-18(13-17)30-23(33)34-24(2,3)4/h5-14H,1H2,2-4H3,(H,27,32)(H,30,33)(H2,26,28,29,31). The smallest absolute Gasteiger partial charge is 0.412 e. The monoisotopic (exact) mass is 480 g/mol. The van der Waals surface area contributed by atoms with E-state index in [2.05, 4.69) is 37.8 Å². The summed E-state index contributed by atoms with van der Waals surface area (Å²) in [5, 5.41) is 11.9. The van der Waals surface area contributed by atoms with Gasteiger partial charge in [-0.05, 0) is 63.2 Å². The molecule has 0 aliphatic heterocycles. The lowest BCUT2D eigenvalue weighted by Gasteiger charge is -2.19. The number of carbonyl (C=O) groups excluding carboxylic acids is 2. The zero-order valence-electron chi connectivity index (χ0n) is 19.0. The molecule has 9 nitrogen and oxygen atoms in total. The number of rotatable bonds is 7. The molecule has 176 valence electrons. The van der Waals surface area contributed by atoms with Crippen molar-refractivity contribution in [3.63, 3.8) is 0 Å². The summed E-state index contributed by atoms with van der Waals surface area (Å²) in [5.74, 6) is 0.346. The van der Waals surface area contributed by atoms with Gasteiger partial charge in [-0.15, -0.1) is 0 Å². The Morgan fingerprint density at radius 2 is 1.56 bits per heavy atom. The fourth-order valence-electron chi connectivity index (χ4n) is 2.74. The summed E-state index contributed by atoms with van der Waals surface area (Å²) in [6.45, 7) is 8.82. The molecule has 0 aliphatic rings. The fourth-order valence-corrected chi connectivity index (χ4v) is 2.88. The fraction of sp³-hybridized carbons (Fsp3) is 0.167. The molecule has 3 rings (SSSR count). The first-order chi connectivity index (χ1) is 16.1. The van der Waals surface area contributed by atoms with Crippen LogP contribution in [-0.4, -0.2) is 27.6 Å². The zero-order chi connectivity index (χ0) is 24.7. The van der Waals surface area contributed by atoms with E-state index in [1.807, 2.05) is 0 Å². The number of nitrogens with one attached hydrogen (secondary N) is 4. The van der Waals surface area contributed by atoms with Gasteiger partial charge < -0.3 is 20.7 Å². The number of amides is 2. The van der Waals surface area contributed by atoms with Crippen molar-refractivity contribution in [2.75, 3.05) is 21.3 Å². The molecule has 1 aromatic heterocycles. The Morgan fingerprint density at radius 3 is 2.18 bits per heavy atom. The second kappa shape index (κ2) is 10.7. The molecule has 0 atom stereocenters. The quantitative estimate of drug-likeness (QED) is 0.302. The van der Waals surface area contributed by atoms with Crippen molar-refractivity contribution in [2.45, 2.75) is 26.4 Å². The van der Waals surface area contributed by atoms with Gasteiger partial charge in [0, 0.05) is 22.7 Å². The lowest BCUT2D eigenvalue weighted by molar-refractivity contribution is -0.111. The topological polar surface area (TPSA) is 117 Å². The van der Waals surface area contributed by atoms with Crippen molar-refractivity contribution >= 4 is 58.1 Å². The van der Waals surface area contributed by atoms with Crippen molar-refractivity contribution < 1.29 is 14.3 Å². The molecular weight excluding hydrogens is 456 g/mol. The van der Waals surface area contributed by atoms with Gasteiger partial charge in [-0.1, -0.05) is 30.3 Å². The van der Waals surface area contributed by atoms with Crippen LogP contribution in [0.2, 0.25) is 5.02 Å². The van der Waals surface area contributed by atoms with Crippen LogP contribution in [0.1, 0.15) is 20.8 Å². The van der Waals surface area contributed by atoms with Crippen LogP contribution in [0.15, 0.2) is 67.4 Å². The van der Waals surface area contributed by atoms with Crippen molar-refractivity contribution in [3.8, 4) is 0 Å². The van der Waals surface area contributed by atoms with E-state index in [1.165, 1.54) is 12.3 Å². The summed E-state index contributed by atoms with van der Waals surface area (Å²) in [5.41, 5.74) is 1.85. The summed E-state index contributed by atoms with van der Waals surface area (Å²) < 4.78 is 5.28. The third-order valence-corrected chi connectivity index (χ3v) is 4.36. The van der Waals surface area contributed by atoms with Gasteiger partial charge in [-0.3, -0.25) is 10.1 Å². The number of halogens is 1. The predicted molar refractivity (Wildman–Crippen MR) is 135 cm³/mol. The Kier molecular flexibility index (Phi) is 7.70. The van der Waals surface area contributed by atoms with Crippen LogP contribution in [0.25, 0.3) is 0 Å². The number of anilines is 6. The molecule has 0 bridgehead atoms. The Bertz CT molecular complexity index is 1210. The van der Waals surface area contributed by atoms with Gasteiger partial charge in [0.1, 0.15) is 10.6 Å². The molecule has 0 fully saturated rings. The SMILES string of the molecule is C=CC(=O)Nc1cccc(Nc2nc(Nc3cccc(NC(=O)OC(C)(C)C)c3)ncc2Cl)c1. The Balaban J connectivity index is 1.72. The van der Waals surface area contributed by atoms with Crippen molar-refractivity contribution in [2.24, 2.45) is 0 Å². The maximum absolute atomic E-state index is 12.0. The molecular formula is C24H25ClN6O3. The Morgan fingerprint density at radius 1 is 0.971 bits per heavy atom. The van der Waals surface area contributed by atoms with Crippen molar-refractivity contribution in [3.05, 3.63) is 72.4 Å². The molecule has 10 heteroatoms. The number of hydrogen-bond donors (Lipinski definition) is 4. The molecule has 34 heavy (non-hydrogen) atoms. The van der Waals surface area contributed by atoms with E-state index < -0.39 is 11.7 Å². The second-order valence-electron chi connectivity index (χ2n) is 8.12. The minimum atomic E-state index is -0.600. The van der Waals surface area contributed by atoms with Crippen LogP contribution >= 0.6 is 11.6 Å². The van der Waals surface area contributed by atoms with Crippen molar-refractivity contribution in [1.29, 1.82) is 0 Å². The number of hydrogen-bond acceptors (Lipinski definition) is 7.